The van der Waals surface area contributed by atoms with Gasteiger partial charge >= 0.3 is 5.97 Å². The molecule has 6 heteroatoms. The van der Waals surface area contributed by atoms with Crippen molar-refractivity contribution < 1.29 is 14.3 Å². The minimum Gasteiger partial charge on any atom is -0.477 e. The van der Waals surface area contributed by atoms with E-state index in [-0.39, 0.29) is 17.3 Å². The first-order valence-electron chi connectivity index (χ1n) is 6.91. The number of aryl methyl sites for hydroxylation is 1. The van der Waals surface area contributed by atoms with Gasteiger partial charge in [0.1, 0.15) is 11.4 Å². The zero-order valence-corrected chi connectivity index (χ0v) is 12.6. The summed E-state index contributed by atoms with van der Waals surface area (Å²) >= 11 is 0. The predicted molar refractivity (Wildman–Crippen MR) is 80.4 cm³/mol. The highest BCUT2D eigenvalue weighted by Gasteiger charge is 2.16. The number of aromatic nitrogens is 2. The van der Waals surface area contributed by atoms with E-state index in [1.807, 2.05) is 13.8 Å². The molecule has 0 bridgehead atoms. The minimum absolute atomic E-state index is 0.136. The monoisotopic (exact) mass is 304 g/mol. The van der Waals surface area contributed by atoms with Gasteiger partial charge in [-0.1, -0.05) is 13.8 Å². The van der Waals surface area contributed by atoms with Crippen molar-refractivity contribution in [3.8, 4) is 11.3 Å². The molecular formula is C16H17FN2O3. The number of aromatic carboxylic acids is 1. The van der Waals surface area contributed by atoms with Crippen LogP contribution in [0.15, 0.2) is 29.1 Å². The maximum Gasteiger partial charge on any atom is 0.341 e. The number of halogens is 1. The number of carbonyl (C=O) groups is 1. The maximum atomic E-state index is 13.4. The Balaban J connectivity index is 2.65. The van der Waals surface area contributed by atoms with Crippen LogP contribution in [0.2, 0.25) is 0 Å². The van der Waals surface area contributed by atoms with Crippen LogP contribution in [0.5, 0.6) is 0 Å². The maximum absolute atomic E-state index is 13.4. The topological polar surface area (TPSA) is 72.2 Å². The molecule has 0 saturated heterocycles. The Kier molecular flexibility index (Phi) is 4.40. The molecule has 0 saturated carbocycles. The van der Waals surface area contributed by atoms with Gasteiger partial charge in [-0.25, -0.2) is 13.9 Å². The summed E-state index contributed by atoms with van der Waals surface area (Å²) in [5.74, 6) is -1.51. The summed E-state index contributed by atoms with van der Waals surface area (Å²) in [6.45, 7) is 5.74. The second-order valence-corrected chi connectivity index (χ2v) is 5.59. The van der Waals surface area contributed by atoms with Crippen molar-refractivity contribution in [2.24, 2.45) is 5.92 Å². The Morgan fingerprint density at radius 1 is 1.36 bits per heavy atom. The highest BCUT2D eigenvalue weighted by molar-refractivity contribution is 5.88. The van der Waals surface area contributed by atoms with Crippen molar-refractivity contribution in [3.05, 3.63) is 51.6 Å². The largest absolute Gasteiger partial charge is 0.477 e. The molecule has 1 N–H and O–H groups in total. The van der Waals surface area contributed by atoms with Gasteiger partial charge in [0.15, 0.2) is 0 Å². The summed E-state index contributed by atoms with van der Waals surface area (Å²) in [6, 6.07) is 5.62. The fourth-order valence-electron chi connectivity index (χ4n) is 2.11. The van der Waals surface area contributed by atoms with Gasteiger partial charge in [0.2, 0.25) is 0 Å². The normalized spacial score (nSPS) is 11.0. The Hall–Kier alpha value is -2.50. The Morgan fingerprint density at radius 2 is 2.05 bits per heavy atom. The van der Waals surface area contributed by atoms with Gasteiger partial charge in [-0.3, -0.25) is 4.79 Å². The van der Waals surface area contributed by atoms with E-state index < -0.39 is 11.5 Å². The Labute approximate surface area is 127 Å². The molecule has 0 radical (unpaired) electrons. The molecule has 1 aromatic carbocycles. The van der Waals surface area contributed by atoms with Crippen LogP contribution in [0.4, 0.5) is 4.39 Å². The first-order chi connectivity index (χ1) is 10.3. The van der Waals surface area contributed by atoms with Crippen LogP contribution >= 0.6 is 0 Å². The Morgan fingerprint density at radius 3 is 2.59 bits per heavy atom. The highest BCUT2D eigenvalue weighted by Crippen LogP contribution is 2.20. The second-order valence-electron chi connectivity index (χ2n) is 5.59. The third kappa shape index (κ3) is 3.21. The molecule has 0 aliphatic rings. The van der Waals surface area contributed by atoms with Crippen LogP contribution in [0.1, 0.15) is 29.8 Å². The third-order valence-electron chi connectivity index (χ3n) is 3.20. The molecule has 0 amide bonds. The lowest BCUT2D eigenvalue weighted by molar-refractivity contribution is 0.0693. The van der Waals surface area contributed by atoms with E-state index in [0.29, 0.717) is 23.4 Å². The number of hydrogen-bond acceptors (Lipinski definition) is 3. The summed E-state index contributed by atoms with van der Waals surface area (Å²) in [7, 11) is 0. The van der Waals surface area contributed by atoms with Crippen LogP contribution in [0.25, 0.3) is 11.3 Å². The molecule has 2 rings (SSSR count). The number of benzene rings is 1. The molecule has 0 unspecified atom stereocenters. The van der Waals surface area contributed by atoms with Gasteiger partial charge in [-0.05, 0) is 42.7 Å². The first-order valence-corrected chi connectivity index (χ1v) is 6.91. The van der Waals surface area contributed by atoms with E-state index in [2.05, 4.69) is 5.10 Å². The molecule has 0 aliphatic carbocycles. The zero-order chi connectivity index (χ0) is 16.4. The zero-order valence-electron chi connectivity index (χ0n) is 12.6. The average Bonchev–Trinajstić information content (AvgIpc) is 2.43. The number of hydrogen-bond donors (Lipinski definition) is 1. The SMILES string of the molecule is Cc1cc(-c2cc(C(=O)O)c(=O)n(CC(C)C)n2)ccc1F. The van der Waals surface area contributed by atoms with E-state index in [4.69, 9.17) is 0 Å². The van der Waals surface area contributed by atoms with Crippen LogP contribution in [-0.4, -0.2) is 20.9 Å². The molecular weight excluding hydrogens is 287 g/mol. The first kappa shape index (κ1) is 15.9. The molecule has 0 aliphatic heterocycles. The lowest BCUT2D eigenvalue weighted by Gasteiger charge is -2.11. The molecule has 2 aromatic rings. The number of carboxylic acids is 1. The van der Waals surface area contributed by atoms with E-state index in [1.165, 1.54) is 18.2 Å². The average molecular weight is 304 g/mol. The smallest absolute Gasteiger partial charge is 0.341 e. The van der Waals surface area contributed by atoms with Gasteiger partial charge in [-0.15, -0.1) is 0 Å². The van der Waals surface area contributed by atoms with Gasteiger partial charge < -0.3 is 5.11 Å². The van der Waals surface area contributed by atoms with Crippen LogP contribution in [0, 0.1) is 18.7 Å². The van der Waals surface area contributed by atoms with Crippen molar-refractivity contribution in [3.63, 3.8) is 0 Å². The van der Waals surface area contributed by atoms with E-state index in [1.54, 1.807) is 13.0 Å². The molecule has 0 atom stereocenters. The highest BCUT2D eigenvalue weighted by atomic mass is 19.1. The van der Waals surface area contributed by atoms with Gasteiger partial charge in [-0.2, -0.15) is 5.10 Å². The summed E-state index contributed by atoms with van der Waals surface area (Å²) < 4.78 is 14.5. The van der Waals surface area contributed by atoms with E-state index >= 15 is 0 Å². The number of rotatable bonds is 4. The number of nitrogens with zero attached hydrogens (tertiary/aromatic N) is 2. The Bertz CT molecular complexity index is 781. The van der Waals surface area contributed by atoms with Crippen molar-refractivity contribution in [2.45, 2.75) is 27.3 Å². The van der Waals surface area contributed by atoms with Gasteiger partial charge in [0.25, 0.3) is 5.56 Å². The molecule has 0 spiro atoms. The van der Waals surface area contributed by atoms with Crippen LogP contribution < -0.4 is 5.56 Å². The summed E-state index contributed by atoms with van der Waals surface area (Å²) in [5.41, 5.74) is 0.355. The third-order valence-corrected chi connectivity index (χ3v) is 3.20. The van der Waals surface area contributed by atoms with Gasteiger partial charge in [0, 0.05) is 12.1 Å². The minimum atomic E-state index is -1.30. The molecule has 116 valence electrons. The predicted octanol–water partition coefficient (Wildman–Crippen LogP) is 2.71. The van der Waals surface area contributed by atoms with Crippen molar-refractivity contribution in [2.75, 3.05) is 0 Å². The molecule has 1 heterocycles. The molecule has 5 nitrogen and oxygen atoms in total. The summed E-state index contributed by atoms with van der Waals surface area (Å²) in [4.78, 5) is 23.4. The second kappa shape index (κ2) is 6.09. The van der Waals surface area contributed by atoms with Crippen LogP contribution in [0.3, 0.4) is 0 Å². The van der Waals surface area contributed by atoms with E-state index in [0.717, 1.165) is 4.68 Å². The molecule has 22 heavy (non-hydrogen) atoms. The molecule has 0 fully saturated rings. The van der Waals surface area contributed by atoms with Gasteiger partial charge in [0.05, 0.1) is 5.69 Å². The van der Waals surface area contributed by atoms with E-state index in [9.17, 15) is 19.1 Å². The fraction of sp³-hybridized carbons (Fsp3) is 0.312. The standard InChI is InChI=1S/C16H17FN2O3/c1-9(2)8-19-15(20)12(16(21)22)7-14(18-19)11-4-5-13(17)10(3)6-11/h4-7,9H,8H2,1-3H3,(H,21,22). The number of carboxylic acid groups (broad SMARTS) is 1. The van der Waals surface area contributed by atoms with Crippen molar-refractivity contribution in [1.29, 1.82) is 0 Å². The lowest BCUT2D eigenvalue weighted by atomic mass is 10.1. The quantitative estimate of drug-likeness (QED) is 0.942. The van der Waals surface area contributed by atoms with Crippen molar-refractivity contribution >= 4 is 5.97 Å². The fourth-order valence-corrected chi connectivity index (χ4v) is 2.11. The van der Waals surface area contributed by atoms with Crippen molar-refractivity contribution in [1.82, 2.24) is 9.78 Å². The lowest BCUT2D eigenvalue weighted by Crippen LogP contribution is -2.30. The van der Waals surface area contributed by atoms with Crippen LogP contribution in [-0.2, 0) is 6.54 Å². The summed E-state index contributed by atoms with van der Waals surface area (Å²) in [6.07, 6.45) is 0. The summed E-state index contributed by atoms with van der Waals surface area (Å²) in [5, 5.41) is 13.4. The molecule has 1 aromatic heterocycles.